The lowest BCUT2D eigenvalue weighted by Crippen LogP contribution is -2.39. The van der Waals surface area contributed by atoms with Gasteiger partial charge in [0, 0.05) is 12.1 Å². The van der Waals surface area contributed by atoms with E-state index in [9.17, 15) is 9.90 Å². The van der Waals surface area contributed by atoms with Gasteiger partial charge in [0.15, 0.2) is 5.76 Å². The van der Waals surface area contributed by atoms with Crippen LogP contribution in [0.1, 0.15) is 50.5 Å². The Labute approximate surface area is 114 Å². The molecule has 1 aliphatic heterocycles. The fourth-order valence-corrected chi connectivity index (χ4v) is 2.88. The summed E-state index contributed by atoms with van der Waals surface area (Å²) in [6.07, 6.45) is 5.97. The van der Waals surface area contributed by atoms with E-state index in [0.717, 1.165) is 19.4 Å². The van der Waals surface area contributed by atoms with Crippen LogP contribution in [0, 0.1) is 6.92 Å². The standard InChI is InChI=1S/C15H23NO3/c1-3-6-12-7-4-5-8-16(12)10-14-15(18)13(17)9-11(2)19-14/h9,12,18H,3-8,10H2,1-2H3. The van der Waals surface area contributed by atoms with E-state index in [4.69, 9.17) is 4.42 Å². The summed E-state index contributed by atoms with van der Waals surface area (Å²) in [6.45, 7) is 5.48. The molecule has 0 aromatic carbocycles. The van der Waals surface area contributed by atoms with Crippen LogP contribution in [0.3, 0.4) is 0 Å². The summed E-state index contributed by atoms with van der Waals surface area (Å²) < 4.78 is 5.53. The summed E-state index contributed by atoms with van der Waals surface area (Å²) in [5, 5.41) is 9.84. The Morgan fingerprint density at radius 1 is 1.47 bits per heavy atom. The molecule has 1 atom stereocenters. The Morgan fingerprint density at radius 3 is 3.00 bits per heavy atom. The molecule has 1 fully saturated rings. The van der Waals surface area contributed by atoms with Gasteiger partial charge in [-0.2, -0.15) is 0 Å². The number of rotatable bonds is 4. The fraction of sp³-hybridized carbons (Fsp3) is 0.667. The largest absolute Gasteiger partial charge is 0.502 e. The van der Waals surface area contributed by atoms with Gasteiger partial charge in [-0.25, -0.2) is 0 Å². The minimum absolute atomic E-state index is 0.230. The molecular weight excluding hydrogens is 242 g/mol. The van der Waals surface area contributed by atoms with Gasteiger partial charge in [-0.15, -0.1) is 0 Å². The Kier molecular flexibility index (Phi) is 4.64. The molecule has 1 saturated heterocycles. The molecule has 0 spiro atoms. The van der Waals surface area contributed by atoms with Crippen LogP contribution in [0.2, 0.25) is 0 Å². The molecule has 0 bridgehead atoms. The molecule has 1 aromatic heterocycles. The second kappa shape index (κ2) is 6.24. The summed E-state index contributed by atoms with van der Waals surface area (Å²) in [6, 6.07) is 1.88. The Hall–Kier alpha value is -1.29. The maximum absolute atomic E-state index is 11.6. The second-order valence-corrected chi connectivity index (χ2v) is 5.40. The van der Waals surface area contributed by atoms with Gasteiger partial charge < -0.3 is 9.52 Å². The average Bonchev–Trinajstić information content (AvgIpc) is 2.38. The summed E-state index contributed by atoms with van der Waals surface area (Å²) in [4.78, 5) is 13.9. The van der Waals surface area contributed by atoms with E-state index in [-0.39, 0.29) is 11.2 Å². The second-order valence-electron chi connectivity index (χ2n) is 5.40. The van der Waals surface area contributed by atoms with Crippen LogP contribution in [0.4, 0.5) is 0 Å². The first-order valence-electron chi connectivity index (χ1n) is 7.18. The first-order chi connectivity index (χ1) is 9.11. The Bertz CT molecular complexity index is 479. The lowest BCUT2D eigenvalue weighted by molar-refractivity contribution is 0.118. The monoisotopic (exact) mass is 265 g/mol. The van der Waals surface area contributed by atoms with Crippen LogP contribution in [-0.2, 0) is 6.54 Å². The number of likely N-dealkylation sites (tertiary alicyclic amines) is 1. The number of piperidine rings is 1. The lowest BCUT2D eigenvalue weighted by atomic mass is 9.98. The quantitative estimate of drug-likeness (QED) is 0.909. The van der Waals surface area contributed by atoms with Crippen LogP contribution >= 0.6 is 0 Å². The maximum atomic E-state index is 11.6. The summed E-state index contributed by atoms with van der Waals surface area (Å²) in [5.41, 5.74) is -0.345. The lowest BCUT2D eigenvalue weighted by Gasteiger charge is -2.35. The van der Waals surface area contributed by atoms with Crippen LogP contribution in [0.5, 0.6) is 5.75 Å². The molecule has 0 amide bonds. The molecule has 1 aliphatic rings. The highest BCUT2D eigenvalue weighted by molar-refractivity contribution is 5.24. The Morgan fingerprint density at radius 2 is 2.26 bits per heavy atom. The number of hydrogen-bond donors (Lipinski definition) is 1. The number of hydrogen-bond acceptors (Lipinski definition) is 4. The van der Waals surface area contributed by atoms with Crippen molar-refractivity contribution in [2.24, 2.45) is 0 Å². The van der Waals surface area contributed by atoms with Crippen LogP contribution < -0.4 is 5.43 Å². The fourth-order valence-electron chi connectivity index (χ4n) is 2.88. The maximum Gasteiger partial charge on any atom is 0.227 e. The topological polar surface area (TPSA) is 53.7 Å². The van der Waals surface area contributed by atoms with E-state index in [1.165, 1.54) is 25.3 Å². The third-order valence-electron chi connectivity index (χ3n) is 3.83. The van der Waals surface area contributed by atoms with E-state index in [0.29, 0.717) is 24.1 Å². The van der Waals surface area contributed by atoms with Crippen molar-refractivity contribution in [3.63, 3.8) is 0 Å². The molecule has 0 saturated carbocycles. The molecule has 4 nitrogen and oxygen atoms in total. The zero-order chi connectivity index (χ0) is 13.8. The van der Waals surface area contributed by atoms with Crippen molar-refractivity contribution in [1.82, 2.24) is 4.90 Å². The van der Waals surface area contributed by atoms with Gasteiger partial charge in [0.25, 0.3) is 0 Å². The summed E-state index contributed by atoms with van der Waals surface area (Å²) >= 11 is 0. The molecule has 1 aromatic rings. The van der Waals surface area contributed by atoms with E-state index >= 15 is 0 Å². The van der Waals surface area contributed by atoms with Gasteiger partial charge in [0.1, 0.15) is 5.76 Å². The van der Waals surface area contributed by atoms with E-state index in [2.05, 4.69) is 11.8 Å². The zero-order valence-electron chi connectivity index (χ0n) is 11.8. The molecular formula is C15H23NO3. The zero-order valence-corrected chi connectivity index (χ0v) is 11.8. The third kappa shape index (κ3) is 3.38. The van der Waals surface area contributed by atoms with E-state index in [1.54, 1.807) is 6.92 Å². The first kappa shape index (κ1) is 14.1. The van der Waals surface area contributed by atoms with E-state index < -0.39 is 0 Å². The molecule has 1 N–H and O–H groups in total. The molecule has 2 heterocycles. The van der Waals surface area contributed by atoms with Gasteiger partial charge in [-0.3, -0.25) is 9.69 Å². The van der Waals surface area contributed by atoms with Gasteiger partial charge >= 0.3 is 0 Å². The van der Waals surface area contributed by atoms with Gasteiger partial charge in [0.2, 0.25) is 11.2 Å². The third-order valence-corrected chi connectivity index (χ3v) is 3.83. The minimum Gasteiger partial charge on any atom is -0.502 e. The highest BCUT2D eigenvalue weighted by Crippen LogP contribution is 2.25. The van der Waals surface area contributed by atoms with Crippen molar-refractivity contribution in [2.45, 2.75) is 58.5 Å². The molecule has 1 unspecified atom stereocenters. The highest BCUT2D eigenvalue weighted by Gasteiger charge is 2.24. The normalized spacial score (nSPS) is 20.6. The molecule has 0 aliphatic carbocycles. The number of nitrogens with zero attached hydrogens (tertiary/aromatic N) is 1. The van der Waals surface area contributed by atoms with Gasteiger partial charge in [0.05, 0.1) is 6.54 Å². The van der Waals surface area contributed by atoms with Gasteiger partial charge in [-0.05, 0) is 32.7 Å². The summed E-state index contributed by atoms with van der Waals surface area (Å²) in [5.74, 6) is 0.737. The number of aryl methyl sites for hydroxylation is 1. The molecule has 4 heteroatoms. The molecule has 2 rings (SSSR count). The van der Waals surface area contributed by atoms with Crippen molar-refractivity contribution in [3.05, 3.63) is 27.8 Å². The molecule has 106 valence electrons. The van der Waals surface area contributed by atoms with Crippen LogP contribution in [-0.4, -0.2) is 22.6 Å². The van der Waals surface area contributed by atoms with Crippen molar-refractivity contribution in [2.75, 3.05) is 6.54 Å². The predicted molar refractivity (Wildman–Crippen MR) is 74.3 cm³/mol. The highest BCUT2D eigenvalue weighted by atomic mass is 16.4. The smallest absolute Gasteiger partial charge is 0.227 e. The summed E-state index contributed by atoms with van der Waals surface area (Å²) in [7, 11) is 0. The predicted octanol–water partition coefficient (Wildman–Crippen LogP) is 2.81. The van der Waals surface area contributed by atoms with Crippen molar-refractivity contribution < 1.29 is 9.52 Å². The van der Waals surface area contributed by atoms with Crippen LogP contribution in [0.15, 0.2) is 15.3 Å². The average molecular weight is 265 g/mol. The molecule has 0 radical (unpaired) electrons. The van der Waals surface area contributed by atoms with Crippen molar-refractivity contribution in [1.29, 1.82) is 0 Å². The first-order valence-corrected chi connectivity index (χ1v) is 7.18. The van der Waals surface area contributed by atoms with Crippen LogP contribution in [0.25, 0.3) is 0 Å². The minimum atomic E-state index is -0.345. The Balaban J connectivity index is 2.17. The van der Waals surface area contributed by atoms with Crippen molar-refractivity contribution in [3.8, 4) is 5.75 Å². The molecule has 19 heavy (non-hydrogen) atoms. The van der Waals surface area contributed by atoms with Crippen molar-refractivity contribution >= 4 is 0 Å². The van der Waals surface area contributed by atoms with Gasteiger partial charge in [-0.1, -0.05) is 19.8 Å². The van der Waals surface area contributed by atoms with E-state index in [1.807, 2.05) is 0 Å². The SMILES string of the molecule is CCCC1CCCCN1Cc1oc(C)cc(=O)c1O. The number of aromatic hydroxyl groups is 1.